The van der Waals surface area contributed by atoms with Gasteiger partial charge in [0.2, 0.25) is 11.3 Å². The Morgan fingerprint density at radius 3 is 2.56 bits per heavy atom. The number of para-hydroxylation sites is 1. The summed E-state index contributed by atoms with van der Waals surface area (Å²) in [5, 5.41) is 11.9. The fraction of sp³-hybridized carbons (Fsp3) is 0.320. The molecule has 3 aromatic rings. The first kappa shape index (κ1) is 24.8. The molecule has 3 N–H and O–H groups in total. The molecule has 0 saturated carbocycles. The molecule has 0 spiro atoms. The van der Waals surface area contributed by atoms with Crippen LogP contribution in [0.15, 0.2) is 53.5 Å². The Kier molecular flexibility index (Phi) is 8.64. The van der Waals surface area contributed by atoms with Crippen LogP contribution in [-0.4, -0.2) is 35.8 Å². The number of nitrogens with one attached hydrogen (secondary N) is 2. The summed E-state index contributed by atoms with van der Waals surface area (Å²) in [5.74, 6) is 0.329. The molecule has 9 heteroatoms. The zero-order chi connectivity index (χ0) is 24.5. The van der Waals surface area contributed by atoms with Gasteiger partial charge in [0.1, 0.15) is 17.1 Å². The van der Waals surface area contributed by atoms with Crippen molar-refractivity contribution in [1.82, 2.24) is 15.4 Å². The Labute approximate surface area is 197 Å². The SMILES string of the molecule is COc1ccc(CNC(=O)c2cn(CCCCCC(=O)NO)c3ccccc3c2=O)c(OC)c1. The second kappa shape index (κ2) is 11.9. The first-order valence-corrected chi connectivity index (χ1v) is 11.0. The van der Waals surface area contributed by atoms with Crippen molar-refractivity contribution in [2.24, 2.45) is 0 Å². The smallest absolute Gasteiger partial charge is 0.257 e. The van der Waals surface area contributed by atoms with Gasteiger partial charge in [-0.05, 0) is 37.1 Å². The first-order valence-electron chi connectivity index (χ1n) is 11.0. The van der Waals surface area contributed by atoms with Crippen LogP contribution in [0.1, 0.15) is 41.6 Å². The number of hydroxylamine groups is 1. The summed E-state index contributed by atoms with van der Waals surface area (Å²) in [7, 11) is 3.10. The van der Waals surface area contributed by atoms with Crippen molar-refractivity contribution in [3.05, 3.63) is 70.0 Å². The second-order valence-corrected chi connectivity index (χ2v) is 7.79. The fourth-order valence-corrected chi connectivity index (χ4v) is 3.76. The number of ether oxygens (including phenoxy) is 2. The number of aryl methyl sites for hydroxylation is 1. The van der Waals surface area contributed by atoms with Crippen LogP contribution in [0, 0.1) is 0 Å². The molecule has 34 heavy (non-hydrogen) atoms. The first-order chi connectivity index (χ1) is 16.5. The molecule has 0 aliphatic carbocycles. The number of methoxy groups -OCH3 is 2. The Bertz CT molecular complexity index is 1220. The van der Waals surface area contributed by atoms with E-state index in [0.717, 1.165) is 23.9 Å². The number of unbranched alkanes of at least 4 members (excludes halogenated alkanes) is 2. The van der Waals surface area contributed by atoms with E-state index >= 15 is 0 Å². The van der Waals surface area contributed by atoms with E-state index in [0.29, 0.717) is 29.9 Å². The molecular formula is C25H29N3O6. The molecule has 0 fully saturated rings. The number of benzene rings is 2. The second-order valence-electron chi connectivity index (χ2n) is 7.79. The Hall–Kier alpha value is -3.85. The maximum atomic E-state index is 13.0. The van der Waals surface area contributed by atoms with E-state index in [2.05, 4.69) is 5.32 Å². The number of pyridine rings is 1. The molecule has 9 nitrogen and oxygen atoms in total. The average Bonchev–Trinajstić information content (AvgIpc) is 2.87. The molecule has 1 aromatic heterocycles. The molecule has 0 saturated heterocycles. The van der Waals surface area contributed by atoms with Gasteiger partial charge in [0.05, 0.1) is 19.7 Å². The maximum Gasteiger partial charge on any atom is 0.257 e. The Morgan fingerprint density at radius 1 is 1.03 bits per heavy atom. The van der Waals surface area contributed by atoms with Crippen molar-refractivity contribution in [2.75, 3.05) is 14.2 Å². The molecular weight excluding hydrogens is 438 g/mol. The number of carbonyl (C=O) groups is 2. The number of aromatic nitrogens is 1. The Balaban J connectivity index is 1.77. The van der Waals surface area contributed by atoms with E-state index in [1.165, 1.54) is 7.11 Å². The van der Waals surface area contributed by atoms with E-state index in [1.54, 1.807) is 49.1 Å². The molecule has 0 atom stereocenters. The highest BCUT2D eigenvalue weighted by Crippen LogP contribution is 2.24. The Morgan fingerprint density at radius 2 is 1.82 bits per heavy atom. The van der Waals surface area contributed by atoms with Gasteiger partial charge in [0.15, 0.2) is 0 Å². The van der Waals surface area contributed by atoms with Gasteiger partial charge in [-0.1, -0.05) is 18.6 Å². The lowest BCUT2D eigenvalue weighted by molar-refractivity contribution is -0.129. The number of hydrogen-bond donors (Lipinski definition) is 3. The van der Waals surface area contributed by atoms with Crippen LogP contribution in [0.25, 0.3) is 10.9 Å². The topological polar surface area (TPSA) is 119 Å². The lowest BCUT2D eigenvalue weighted by Gasteiger charge is -2.14. The zero-order valence-electron chi connectivity index (χ0n) is 19.3. The van der Waals surface area contributed by atoms with Crippen LogP contribution in [0.3, 0.4) is 0 Å². The summed E-state index contributed by atoms with van der Waals surface area (Å²) in [5.41, 5.74) is 2.85. The molecule has 0 unspecified atom stereocenters. The number of fused-ring (bicyclic) bond motifs is 1. The van der Waals surface area contributed by atoms with Crippen molar-refractivity contribution in [2.45, 2.75) is 38.8 Å². The average molecular weight is 468 g/mol. The van der Waals surface area contributed by atoms with E-state index in [-0.39, 0.29) is 24.0 Å². The van der Waals surface area contributed by atoms with Gasteiger partial charge in [-0.25, -0.2) is 5.48 Å². The van der Waals surface area contributed by atoms with Crippen molar-refractivity contribution in [3.8, 4) is 11.5 Å². The molecule has 0 aliphatic rings. The zero-order valence-corrected chi connectivity index (χ0v) is 19.3. The van der Waals surface area contributed by atoms with Gasteiger partial charge in [0.25, 0.3) is 5.91 Å². The fourth-order valence-electron chi connectivity index (χ4n) is 3.76. The number of amides is 2. The number of nitrogens with zero attached hydrogens (tertiary/aromatic N) is 1. The maximum absolute atomic E-state index is 13.0. The van der Waals surface area contributed by atoms with Gasteiger partial charge in [-0.3, -0.25) is 19.6 Å². The highest BCUT2D eigenvalue weighted by Gasteiger charge is 2.16. The van der Waals surface area contributed by atoms with Gasteiger partial charge in [0, 0.05) is 42.7 Å². The summed E-state index contributed by atoms with van der Waals surface area (Å²) in [4.78, 5) is 37.2. The van der Waals surface area contributed by atoms with Crippen LogP contribution >= 0.6 is 0 Å². The third-order valence-electron chi connectivity index (χ3n) is 5.59. The lowest BCUT2D eigenvalue weighted by Crippen LogP contribution is -2.29. The molecule has 2 aromatic carbocycles. The van der Waals surface area contributed by atoms with Crippen molar-refractivity contribution in [1.29, 1.82) is 0 Å². The van der Waals surface area contributed by atoms with Crippen LogP contribution in [0.2, 0.25) is 0 Å². The number of carbonyl (C=O) groups excluding carboxylic acids is 2. The molecule has 0 aliphatic heterocycles. The highest BCUT2D eigenvalue weighted by atomic mass is 16.5. The van der Waals surface area contributed by atoms with Crippen molar-refractivity contribution in [3.63, 3.8) is 0 Å². The molecule has 0 radical (unpaired) electrons. The molecule has 0 bridgehead atoms. The largest absolute Gasteiger partial charge is 0.497 e. The van der Waals surface area contributed by atoms with Gasteiger partial charge >= 0.3 is 0 Å². The van der Waals surface area contributed by atoms with Crippen LogP contribution in [0.5, 0.6) is 11.5 Å². The lowest BCUT2D eigenvalue weighted by atomic mass is 10.1. The van der Waals surface area contributed by atoms with E-state index in [9.17, 15) is 14.4 Å². The minimum atomic E-state index is -0.470. The van der Waals surface area contributed by atoms with Crippen molar-refractivity contribution >= 4 is 22.7 Å². The minimum absolute atomic E-state index is 0.0610. The minimum Gasteiger partial charge on any atom is -0.497 e. The van der Waals surface area contributed by atoms with Crippen LogP contribution in [-0.2, 0) is 17.9 Å². The predicted octanol–water partition coefficient (Wildman–Crippen LogP) is 3.01. The quantitative estimate of drug-likeness (QED) is 0.227. The third kappa shape index (κ3) is 5.93. The summed E-state index contributed by atoms with van der Waals surface area (Å²) in [6.07, 6.45) is 3.96. The molecule has 3 rings (SSSR count). The predicted molar refractivity (Wildman–Crippen MR) is 127 cm³/mol. The normalized spacial score (nSPS) is 10.7. The summed E-state index contributed by atoms with van der Waals surface area (Å²) in [6.45, 7) is 0.763. The number of rotatable bonds is 11. The van der Waals surface area contributed by atoms with Gasteiger partial charge < -0.3 is 19.4 Å². The molecule has 2 amide bonds. The van der Waals surface area contributed by atoms with Gasteiger partial charge in [-0.2, -0.15) is 0 Å². The monoisotopic (exact) mass is 467 g/mol. The highest BCUT2D eigenvalue weighted by molar-refractivity contribution is 5.97. The van der Waals surface area contributed by atoms with Crippen molar-refractivity contribution < 1.29 is 24.3 Å². The molecule has 180 valence electrons. The van der Waals surface area contributed by atoms with E-state index in [1.807, 2.05) is 16.7 Å². The third-order valence-corrected chi connectivity index (χ3v) is 5.59. The number of hydrogen-bond acceptors (Lipinski definition) is 6. The summed E-state index contributed by atoms with van der Waals surface area (Å²) < 4.78 is 12.5. The van der Waals surface area contributed by atoms with E-state index in [4.69, 9.17) is 14.7 Å². The molecule has 1 heterocycles. The standard InChI is InChI=1S/C25H29N3O6/c1-33-18-12-11-17(22(14-18)34-2)15-26-25(31)20-16-28(13-7-3-4-10-23(29)27-32)21-9-6-5-8-19(21)24(20)30/h5-6,8-9,11-12,14,16,32H,3-4,7,10,13,15H2,1-2H3,(H,26,31)(H,27,29). The van der Waals surface area contributed by atoms with Crippen LogP contribution in [0.4, 0.5) is 0 Å². The van der Waals surface area contributed by atoms with Crippen LogP contribution < -0.4 is 25.7 Å². The van der Waals surface area contributed by atoms with Gasteiger partial charge in [-0.15, -0.1) is 0 Å². The summed E-state index contributed by atoms with van der Waals surface area (Å²) in [6, 6.07) is 12.5. The van der Waals surface area contributed by atoms with E-state index < -0.39 is 11.8 Å². The summed E-state index contributed by atoms with van der Waals surface area (Å²) >= 11 is 0.